The summed E-state index contributed by atoms with van der Waals surface area (Å²) in [5.74, 6) is 0. The van der Waals surface area contributed by atoms with Crippen molar-refractivity contribution in [3.8, 4) is 44.5 Å². The molecule has 0 aliphatic rings. The van der Waals surface area contributed by atoms with Crippen molar-refractivity contribution in [1.82, 2.24) is 0 Å². The molecular formula is C50H35N. The van der Waals surface area contributed by atoms with Crippen molar-refractivity contribution in [3.63, 3.8) is 0 Å². The zero-order valence-electron chi connectivity index (χ0n) is 28.2. The van der Waals surface area contributed by atoms with E-state index in [1.165, 1.54) is 66.1 Å². The van der Waals surface area contributed by atoms with E-state index in [0.29, 0.717) is 0 Å². The highest BCUT2D eigenvalue weighted by Gasteiger charge is 2.23. The van der Waals surface area contributed by atoms with Gasteiger partial charge in [0.05, 0.1) is 5.69 Å². The molecule has 0 saturated heterocycles. The molecule has 0 spiro atoms. The largest absolute Gasteiger partial charge is 0.310 e. The van der Waals surface area contributed by atoms with E-state index in [9.17, 15) is 0 Å². The summed E-state index contributed by atoms with van der Waals surface area (Å²) in [6.07, 6.45) is 0. The van der Waals surface area contributed by atoms with Gasteiger partial charge in [-0.3, -0.25) is 0 Å². The van der Waals surface area contributed by atoms with Crippen LogP contribution in [-0.4, -0.2) is 0 Å². The van der Waals surface area contributed by atoms with Gasteiger partial charge in [-0.2, -0.15) is 0 Å². The monoisotopic (exact) mass is 649 g/mol. The second-order valence-corrected chi connectivity index (χ2v) is 12.9. The van der Waals surface area contributed by atoms with Crippen LogP contribution in [0.4, 0.5) is 17.1 Å². The molecule has 0 fully saturated rings. The normalized spacial score (nSPS) is 11.1. The van der Waals surface area contributed by atoms with Crippen molar-refractivity contribution in [1.29, 1.82) is 0 Å². The lowest BCUT2D eigenvalue weighted by molar-refractivity contribution is 1.30. The summed E-state index contributed by atoms with van der Waals surface area (Å²) in [5.41, 5.74) is 13.0. The van der Waals surface area contributed by atoms with Gasteiger partial charge in [0.25, 0.3) is 0 Å². The minimum atomic E-state index is 1.10. The Labute approximate surface area is 299 Å². The van der Waals surface area contributed by atoms with Crippen LogP contribution in [0.5, 0.6) is 0 Å². The van der Waals surface area contributed by atoms with E-state index in [1.54, 1.807) is 0 Å². The van der Waals surface area contributed by atoms with Gasteiger partial charge in [0.2, 0.25) is 0 Å². The lowest BCUT2D eigenvalue weighted by Gasteiger charge is -2.29. The molecule has 0 radical (unpaired) electrons. The Bertz CT molecular complexity index is 2540. The van der Waals surface area contributed by atoms with E-state index in [4.69, 9.17) is 0 Å². The van der Waals surface area contributed by atoms with E-state index in [-0.39, 0.29) is 0 Å². The first-order chi connectivity index (χ1) is 25.3. The molecule has 1 heteroatoms. The van der Waals surface area contributed by atoms with Crippen LogP contribution in [0.25, 0.3) is 66.1 Å². The third kappa shape index (κ3) is 5.65. The van der Waals surface area contributed by atoms with E-state index in [0.717, 1.165) is 17.1 Å². The molecule has 0 atom stereocenters. The maximum absolute atomic E-state index is 2.45. The maximum Gasteiger partial charge on any atom is 0.0546 e. The van der Waals surface area contributed by atoms with Gasteiger partial charge in [0.1, 0.15) is 0 Å². The predicted octanol–water partition coefficient (Wildman–Crippen LogP) is 14.1. The Morgan fingerprint density at radius 3 is 1.20 bits per heavy atom. The van der Waals surface area contributed by atoms with Crippen molar-refractivity contribution in [3.05, 3.63) is 212 Å². The molecule has 0 N–H and O–H groups in total. The Morgan fingerprint density at radius 2 is 0.667 bits per heavy atom. The molecule has 0 aromatic heterocycles. The van der Waals surface area contributed by atoms with Crippen molar-refractivity contribution in [2.24, 2.45) is 0 Å². The average molecular weight is 650 g/mol. The lowest BCUT2D eigenvalue weighted by Crippen LogP contribution is -2.11. The van der Waals surface area contributed by atoms with E-state index < -0.39 is 0 Å². The standard InChI is InChI=1S/C50H35N/c1-6-19-36(20-7-1)40-33-41(37-21-8-2-9-22-37)35-43(34-40)51(42-27-14-5-15-28-42)47-32-18-31-46-49(39-25-12-4-13-26-39)48(38-23-10-3-11-24-38)44-29-16-17-30-45(44)50(46)47/h1-35H. The van der Waals surface area contributed by atoms with E-state index in [2.05, 4.69) is 217 Å². The van der Waals surface area contributed by atoms with Gasteiger partial charge in [-0.25, -0.2) is 0 Å². The molecule has 1 nitrogen and oxygen atoms in total. The number of fused-ring (bicyclic) bond motifs is 3. The Morgan fingerprint density at radius 1 is 0.255 bits per heavy atom. The van der Waals surface area contributed by atoms with Crippen LogP contribution in [0.2, 0.25) is 0 Å². The van der Waals surface area contributed by atoms with Crippen molar-refractivity contribution < 1.29 is 0 Å². The highest BCUT2D eigenvalue weighted by Crippen LogP contribution is 2.49. The predicted molar refractivity (Wildman–Crippen MR) is 218 cm³/mol. The zero-order valence-corrected chi connectivity index (χ0v) is 28.2. The molecule has 0 unspecified atom stereocenters. The van der Waals surface area contributed by atoms with E-state index >= 15 is 0 Å². The van der Waals surface area contributed by atoms with Gasteiger partial charge in [-0.15, -0.1) is 0 Å². The molecule has 0 aliphatic heterocycles. The summed E-state index contributed by atoms with van der Waals surface area (Å²) in [6.45, 7) is 0. The number of rotatable bonds is 7. The second kappa shape index (κ2) is 13.3. The molecule has 9 rings (SSSR count). The van der Waals surface area contributed by atoms with Crippen LogP contribution >= 0.6 is 0 Å². The number of anilines is 3. The minimum absolute atomic E-state index is 1.10. The molecule has 0 aliphatic carbocycles. The van der Waals surface area contributed by atoms with Gasteiger partial charge < -0.3 is 4.90 Å². The molecule has 0 amide bonds. The Balaban J connectivity index is 1.41. The van der Waals surface area contributed by atoms with E-state index in [1.807, 2.05) is 0 Å². The fraction of sp³-hybridized carbons (Fsp3) is 0. The Kier molecular flexibility index (Phi) is 7.92. The summed E-state index contributed by atoms with van der Waals surface area (Å²) in [4.78, 5) is 2.45. The quantitative estimate of drug-likeness (QED) is 0.155. The highest BCUT2D eigenvalue weighted by molar-refractivity contribution is 6.25. The second-order valence-electron chi connectivity index (χ2n) is 12.9. The highest BCUT2D eigenvalue weighted by atomic mass is 15.1. The summed E-state index contributed by atoms with van der Waals surface area (Å²) in [6, 6.07) is 76.7. The maximum atomic E-state index is 2.45. The number of hydrogen-bond acceptors (Lipinski definition) is 1. The lowest BCUT2D eigenvalue weighted by atomic mass is 9.84. The fourth-order valence-corrected chi connectivity index (χ4v) is 7.55. The smallest absolute Gasteiger partial charge is 0.0546 e. The molecule has 9 aromatic rings. The average Bonchev–Trinajstić information content (AvgIpc) is 3.22. The fourth-order valence-electron chi connectivity index (χ4n) is 7.55. The van der Waals surface area contributed by atoms with Crippen LogP contribution in [0, 0.1) is 0 Å². The van der Waals surface area contributed by atoms with Gasteiger partial charge in [0, 0.05) is 16.8 Å². The number of hydrogen-bond donors (Lipinski definition) is 0. The molecule has 51 heavy (non-hydrogen) atoms. The third-order valence-electron chi connectivity index (χ3n) is 9.80. The molecule has 0 saturated carbocycles. The summed E-state index contributed by atoms with van der Waals surface area (Å²) >= 11 is 0. The zero-order chi connectivity index (χ0) is 34.0. The van der Waals surface area contributed by atoms with Gasteiger partial charge >= 0.3 is 0 Å². The number of nitrogens with zero attached hydrogens (tertiary/aromatic N) is 1. The van der Waals surface area contributed by atoms with Crippen molar-refractivity contribution in [2.75, 3.05) is 4.90 Å². The minimum Gasteiger partial charge on any atom is -0.310 e. The van der Waals surface area contributed by atoms with Crippen LogP contribution in [0.1, 0.15) is 0 Å². The first kappa shape index (κ1) is 30.4. The Hall–Kier alpha value is -6.70. The molecule has 0 bridgehead atoms. The molecular weight excluding hydrogens is 615 g/mol. The van der Waals surface area contributed by atoms with Crippen LogP contribution < -0.4 is 4.90 Å². The summed E-state index contributed by atoms with van der Waals surface area (Å²) in [5, 5.41) is 4.91. The van der Waals surface area contributed by atoms with Gasteiger partial charge in [0.15, 0.2) is 0 Å². The summed E-state index contributed by atoms with van der Waals surface area (Å²) < 4.78 is 0. The topological polar surface area (TPSA) is 3.24 Å². The van der Waals surface area contributed by atoms with Gasteiger partial charge in [-0.1, -0.05) is 176 Å². The number of para-hydroxylation sites is 1. The molecule has 9 aromatic carbocycles. The van der Waals surface area contributed by atoms with Crippen molar-refractivity contribution in [2.45, 2.75) is 0 Å². The third-order valence-corrected chi connectivity index (χ3v) is 9.80. The molecule has 240 valence electrons. The summed E-state index contributed by atoms with van der Waals surface area (Å²) in [7, 11) is 0. The van der Waals surface area contributed by atoms with Crippen molar-refractivity contribution >= 4 is 38.6 Å². The van der Waals surface area contributed by atoms with Crippen LogP contribution in [0.3, 0.4) is 0 Å². The number of benzene rings is 9. The SMILES string of the molecule is c1ccc(-c2cc(-c3ccccc3)cc(N(c3ccccc3)c3cccc4c(-c5ccccc5)c(-c5ccccc5)c5ccccc5c34)c2)cc1. The van der Waals surface area contributed by atoms with Gasteiger partial charge in [-0.05, 0) is 97.1 Å². The first-order valence-electron chi connectivity index (χ1n) is 17.5. The molecule has 0 heterocycles. The van der Waals surface area contributed by atoms with Crippen LogP contribution in [0.15, 0.2) is 212 Å². The first-order valence-corrected chi connectivity index (χ1v) is 17.5. The van der Waals surface area contributed by atoms with Crippen LogP contribution in [-0.2, 0) is 0 Å².